The molecule has 0 saturated heterocycles. The van der Waals surface area contributed by atoms with Crippen molar-refractivity contribution in [3.63, 3.8) is 0 Å². The lowest BCUT2D eigenvalue weighted by Gasteiger charge is -2.36. The summed E-state index contributed by atoms with van der Waals surface area (Å²) < 4.78 is 90.9. The van der Waals surface area contributed by atoms with E-state index in [1.54, 1.807) is 0 Å². The molecule has 0 aliphatic carbocycles. The average Bonchev–Trinajstić information content (AvgIpc) is 2.65. The highest BCUT2D eigenvalue weighted by Gasteiger charge is 2.58. The predicted octanol–water partition coefficient (Wildman–Crippen LogP) is 3.30. The summed E-state index contributed by atoms with van der Waals surface area (Å²) in [6, 6.07) is 2.99. The van der Waals surface area contributed by atoms with Gasteiger partial charge in [0.25, 0.3) is 5.69 Å². The van der Waals surface area contributed by atoms with E-state index in [1.807, 2.05) is 0 Å². The van der Waals surface area contributed by atoms with Crippen molar-refractivity contribution < 1.29 is 50.0 Å². The van der Waals surface area contributed by atoms with Crippen LogP contribution in [0.1, 0.15) is 27.2 Å². The van der Waals surface area contributed by atoms with Gasteiger partial charge in [-0.05, 0) is 39.3 Å². The van der Waals surface area contributed by atoms with Crippen molar-refractivity contribution in [2.24, 2.45) is 0 Å². The Bertz CT molecular complexity index is 975. The molecule has 0 saturated carbocycles. The lowest BCUT2D eigenvalue weighted by molar-refractivity contribution is -0.384. The summed E-state index contributed by atoms with van der Waals surface area (Å²) in [5, 5.41) is 20.1. The van der Waals surface area contributed by atoms with E-state index >= 15 is 0 Å². The number of nitrogens with one attached hydrogen (secondary N) is 1. The SMILES string of the molecule is CCOP(=O)(OCC)C(C[C@](C)(NS(=O)(=O)c1ccc([N+](=O)[O-])cc1)C(F)(F)F)C(=O)O. The molecular formula is C16H22F3N2O9PS. The van der Waals surface area contributed by atoms with Crippen LogP contribution in [0.4, 0.5) is 18.9 Å². The van der Waals surface area contributed by atoms with Crippen molar-refractivity contribution in [2.75, 3.05) is 13.2 Å². The van der Waals surface area contributed by atoms with E-state index in [0.717, 1.165) is 24.3 Å². The van der Waals surface area contributed by atoms with Crippen LogP contribution in [-0.2, 0) is 28.4 Å². The van der Waals surface area contributed by atoms with Crippen LogP contribution < -0.4 is 4.72 Å². The second kappa shape index (κ2) is 10.3. The van der Waals surface area contributed by atoms with E-state index in [2.05, 4.69) is 0 Å². The zero-order valence-corrected chi connectivity index (χ0v) is 18.9. The number of sulfonamides is 1. The third-order valence-corrected chi connectivity index (χ3v) is 8.24. The molecule has 2 atom stereocenters. The third kappa shape index (κ3) is 6.48. The number of rotatable bonds is 12. The van der Waals surface area contributed by atoms with Crippen LogP contribution in [0.5, 0.6) is 0 Å². The van der Waals surface area contributed by atoms with Crippen molar-refractivity contribution >= 4 is 29.3 Å². The number of carboxylic acids is 1. The molecule has 182 valence electrons. The topological polar surface area (TPSA) is 162 Å². The number of hydrogen-bond acceptors (Lipinski definition) is 8. The highest BCUT2D eigenvalue weighted by atomic mass is 32.2. The highest BCUT2D eigenvalue weighted by molar-refractivity contribution is 7.89. The van der Waals surface area contributed by atoms with Gasteiger partial charge in [0.1, 0.15) is 5.54 Å². The molecule has 1 aromatic carbocycles. The molecule has 1 rings (SSSR count). The lowest BCUT2D eigenvalue weighted by Crippen LogP contribution is -2.58. The minimum Gasteiger partial charge on any atom is -0.481 e. The number of nitro groups is 1. The van der Waals surface area contributed by atoms with Crippen molar-refractivity contribution in [3.8, 4) is 0 Å². The molecule has 0 heterocycles. The van der Waals surface area contributed by atoms with Gasteiger partial charge in [0.2, 0.25) is 10.0 Å². The molecule has 0 amide bonds. The summed E-state index contributed by atoms with van der Waals surface area (Å²) in [6.45, 7) is 2.36. The van der Waals surface area contributed by atoms with Crippen LogP contribution in [0.2, 0.25) is 0 Å². The highest BCUT2D eigenvalue weighted by Crippen LogP contribution is 2.56. The van der Waals surface area contributed by atoms with E-state index in [1.165, 1.54) is 18.6 Å². The average molecular weight is 506 g/mol. The molecule has 1 unspecified atom stereocenters. The van der Waals surface area contributed by atoms with Crippen LogP contribution in [0.3, 0.4) is 0 Å². The Morgan fingerprint density at radius 1 is 1.22 bits per heavy atom. The Labute approximate surface area is 181 Å². The van der Waals surface area contributed by atoms with Crippen molar-refractivity contribution in [1.29, 1.82) is 0 Å². The molecule has 11 nitrogen and oxygen atoms in total. The number of carbonyl (C=O) groups is 1. The van der Waals surface area contributed by atoms with Gasteiger partial charge in [-0.15, -0.1) is 0 Å². The number of halogens is 3. The first-order valence-corrected chi connectivity index (χ1v) is 12.1. The molecule has 0 spiro atoms. The fourth-order valence-electron chi connectivity index (χ4n) is 2.62. The first-order chi connectivity index (χ1) is 14.5. The first-order valence-electron chi connectivity index (χ1n) is 8.99. The summed E-state index contributed by atoms with van der Waals surface area (Å²) in [5.74, 6) is -1.94. The Balaban J connectivity index is 3.44. The zero-order valence-electron chi connectivity index (χ0n) is 17.2. The van der Waals surface area contributed by atoms with Crippen LogP contribution in [-0.4, -0.2) is 55.0 Å². The van der Waals surface area contributed by atoms with Gasteiger partial charge in [0.05, 0.1) is 23.0 Å². The van der Waals surface area contributed by atoms with Gasteiger partial charge in [-0.3, -0.25) is 19.5 Å². The minimum absolute atomic E-state index is 0.335. The number of aliphatic carboxylic acids is 1. The Hall–Kier alpha value is -2.06. The summed E-state index contributed by atoms with van der Waals surface area (Å²) in [6.07, 6.45) is -6.85. The molecule has 32 heavy (non-hydrogen) atoms. The van der Waals surface area contributed by atoms with E-state index in [4.69, 9.17) is 9.05 Å². The first kappa shape index (κ1) is 28.0. The number of carboxylic acid groups (broad SMARTS) is 1. The molecular weight excluding hydrogens is 484 g/mol. The smallest absolute Gasteiger partial charge is 0.407 e. The van der Waals surface area contributed by atoms with Crippen LogP contribution in [0.25, 0.3) is 0 Å². The number of benzene rings is 1. The Morgan fingerprint density at radius 2 is 1.69 bits per heavy atom. The van der Waals surface area contributed by atoms with Gasteiger partial charge in [-0.1, -0.05) is 0 Å². The summed E-state index contributed by atoms with van der Waals surface area (Å²) in [4.78, 5) is 20.8. The van der Waals surface area contributed by atoms with Gasteiger partial charge in [0, 0.05) is 12.1 Å². The Kier molecular flexibility index (Phi) is 8.96. The normalized spacial score (nSPS) is 15.7. The number of alkyl halides is 3. The number of nitro benzene ring substituents is 1. The second-order valence-corrected chi connectivity index (χ2v) is 10.5. The summed E-state index contributed by atoms with van der Waals surface area (Å²) in [5.41, 5.74) is -6.27. The maximum Gasteiger partial charge on any atom is 0.407 e. The second-order valence-electron chi connectivity index (χ2n) is 6.62. The number of hydrogen-bond donors (Lipinski definition) is 2. The molecule has 0 radical (unpaired) electrons. The van der Waals surface area contributed by atoms with Crippen molar-refractivity contribution in [2.45, 2.75) is 49.5 Å². The van der Waals surface area contributed by atoms with Gasteiger partial charge >= 0.3 is 19.7 Å². The van der Waals surface area contributed by atoms with Gasteiger partial charge in [0.15, 0.2) is 5.66 Å². The lowest BCUT2D eigenvalue weighted by atomic mass is 9.96. The van der Waals surface area contributed by atoms with Crippen LogP contribution >= 0.6 is 7.60 Å². The molecule has 16 heteroatoms. The summed E-state index contributed by atoms with van der Waals surface area (Å²) >= 11 is 0. The van der Waals surface area contributed by atoms with Crippen LogP contribution in [0.15, 0.2) is 29.2 Å². The predicted molar refractivity (Wildman–Crippen MR) is 105 cm³/mol. The monoisotopic (exact) mass is 506 g/mol. The van der Waals surface area contributed by atoms with E-state index in [9.17, 15) is 46.2 Å². The largest absolute Gasteiger partial charge is 0.481 e. The van der Waals surface area contributed by atoms with Gasteiger partial charge in [-0.2, -0.15) is 17.9 Å². The fraction of sp³-hybridized carbons (Fsp3) is 0.562. The molecule has 0 fully saturated rings. The number of nitrogens with zero attached hydrogens (tertiary/aromatic N) is 1. The molecule has 0 aliphatic rings. The fourth-order valence-corrected chi connectivity index (χ4v) is 6.03. The molecule has 2 N–H and O–H groups in total. The van der Waals surface area contributed by atoms with Crippen molar-refractivity contribution in [1.82, 2.24) is 4.72 Å². The quantitative estimate of drug-likeness (QED) is 0.246. The molecule has 0 aliphatic heterocycles. The maximum atomic E-state index is 13.9. The van der Waals surface area contributed by atoms with Crippen molar-refractivity contribution in [3.05, 3.63) is 34.4 Å². The van der Waals surface area contributed by atoms with E-state index in [-0.39, 0.29) is 13.2 Å². The molecule has 0 aromatic heterocycles. The standard InChI is InChI=1S/C16H22F3N2O9PS/c1-4-29-31(26,30-5-2)13(14(22)23)10-15(3,16(17,18)19)20-32(27,28)12-8-6-11(7-9-12)21(24)25/h6-9,13,20H,4-5,10H2,1-3H3,(H,22,23)/t13?,15-/m0/s1. The van der Waals surface area contributed by atoms with Gasteiger partial charge in [-0.25, -0.2) is 8.42 Å². The molecule has 0 bridgehead atoms. The van der Waals surface area contributed by atoms with E-state index in [0.29, 0.717) is 6.92 Å². The summed E-state index contributed by atoms with van der Waals surface area (Å²) in [7, 11) is -9.56. The minimum atomic E-state index is -5.34. The van der Waals surface area contributed by atoms with Crippen LogP contribution in [0, 0.1) is 10.1 Å². The number of non-ortho nitro benzene ring substituents is 1. The zero-order chi connectivity index (χ0) is 25.0. The van der Waals surface area contributed by atoms with Gasteiger partial charge < -0.3 is 14.2 Å². The Morgan fingerprint density at radius 3 is 2.03 bits per heavy atom. The maximum absolute atomic E-state index is 13.9. The van der Waals surface area contributed by atoms with E-state index < -0.39 is 62.9 Å². The third-order valence-electron chi connectivity index (χ3n) is 4.23. The molecule has 1 aromatic rings.